The lowest BCUT2D eigenvalue weighted by molar-refractivity contribution is -0.121. The fourth-order valence-electron chi connectivity index (χ4n) is 1.36. The Kier molecular flexibility index (Phi) is 2.91. The third-order valence-electron chi connectivity index (χ3n) is 2.31. The summed E-state index contributed by atoms with van der Waals surface area (Å²) < 4.78 is 0. The second-order valence-corrected chi connectivity index (χ2v) is 4.79. The highest BCUT2D eigenvalue weighted by Gasteiger charge is 2.31. The highest BCUT2D eigenvalue weighted by Crippen LogP contribution is 2.30. The molecule has 0 bridgehead atoms. The minimum absolute atomic E-state index is 0.278. The first-order valence-electron chi connectivity index (χ1n) is 4.47. The maximum absolute atomic E-state index is 11.5. The molecule has 1 heterocycles. The van der Waals surface area contributed by atoms with Crippen molar-refractivity contribution in [2.75, 3.05) is 10.8 Å². The molecule has 5 heteroatoms. The Morgan fingerprint density at radius 3 is 2.87 bits per heavy atom. The highest BCUT2D eigenvalue weighted by molar-refractivity contribution is 8.01. The number of aryl methyl sites for hydroxylation is 1. The van der Waals surface area contributed by atoms with Crippen LogP contribution in [0.2, 0.25) is 5.02 Å². The number of nitrogens with zero attached hydrogens (tertiary/aromatic N) is 1. The Morgan fingerprint density at radius 2 is 2.33 bits per heavy atom. The van der Waals surface area contributed by atoms with Gasteiger partial charge in [0.2, 0.25) is 0 Å². The van der Waals surface area contributed by atoms with Gasteiger partial charge in [0.1, 0.15) is 0 Å². The minimum Gasteiger partial charge on any atom is -0.373 e. The van der Waals surface area contributed by atoms with Crippen molar-refractivity contribution in [1.82, 2.24) is 0 Å². The standard InChI is InChI=1S/C10H10ClNO2S/c1-6-2-3-7(4-8(6)11)12-5-15-10(14)9(12)13/h2-4,10,14H,5H2,1H3. The molecule has 1 atom stereocenters. The van der Waals surface area contributed by atoms with Crippen molar-refractivity contribution < 1.29 is 9.90 Å². The molecular weight excluding hydrogens is 234 g/mol. The van der Waals surface area contributed by atoms with Crippen LogP contribution >= 0.6 is 23.4 Å². The predicted octanol–water partition coefficient (Wildman–Crippen LogP) is 2.00. The van der Waals surface area contributed by atoms with E-state index < -0.39 is 5.44 Å². The molecule has 1 aliphatic heterocycles. The quantitative estimate of drug-likeness (QED) is 0.820. The van der Waals surface area contributed by atoms with Crippen LogP contribution in [0.25, 0.3) is 0 Å². The Bertz CT molecular complexity index is 410. The molecule has 3 nitrogen and oxygen atoms in total. The van der Waals surface area contributed by atoms with Crippen molar-refractivity contribution >= 4 is 35.0 Å². The maximum Gasteiger partial charge on any atom is 0.267 e. The van der Waals surface area contributed by atoms with Gasteiger partial charge >= 0.3 is 0 Å². The molecule has 1 aromatic carbocycles. The monoisotopic (exact) mass is 243 g/mol. The van der Waals surface area contributed by atoms with Gasteiger partial charge in [-0.1, -0.05) is 29.4 Å². The van der Waals surface area contributed by atoms with Crippen LogP contribution < -0.4 is 4.90 Å². The Balaban J connectivity index is 2.31. The van der Waals surface area contributed by atoms with Crippen LogP contribution in [0, 0.1) is 6.92 Å². The number of hydrogen-bond donors (Lipinski definition) is 1. The fourth-order valence-corrected chi connectivity index (χ4v) is 2.38. The molecule has 1 unspecified atom stereocenters. The zero-order valence-electron chi connectivity index (χ0n) is 8.11. The zero-order chi connectivity index (χ0) is 11.0. The number of hydrogen-bond acceptors (Lipinski definition) is 3. The molecule has 80 valence electrons. The number of halogens is 1. The number of aliphatic hydroxyl groups is 1. The lowest BCUT2D eigenvalue weighted by Crippen LogP contribution is -2.28. The minimum atomic E-state index is -0.940. The number of anilines is 1. The average Bonchev–Trinajstić information content (AvgIpc) is 2.53. The topological polar surface area (TPSA) is 40.5 Å². The lowest BCUT2D eigenvalue weighted by Gasteiger charge is -2.15. The summed E-state index contributed by atoms with van der Waals surface area (Å²) >= 11 is 7.18. The molecule has 2 rings (SSSR count). The summed E-state index contributed by atoms with van der Waals surface area (Å²) in [5, 5.41) is 9.92. The van der Waals surface area contributed by atoms with Gasteiger partial charge in [-0.05, 0) is 24.6 Å². The zero-order valence-corrected chi connectivity index (χ0v) is 9.68. The maximum atomic E-state index is 11.5. The third-order valence-corrected chi connectivity index (χ3v) is 3.64. The van der Waals surface area contributed by atoms with Gasteiger partial charge in [0, 0.05) is 10.7 Å². The van der Waals surface area contributed by atoms with Crippen molar-refractivity contribution in [3.63, 3.8) is 0 Å². The highest BCUT2D eigenvalue weighted by atomic mass is 35.5. The third kappa shape index (κ3) is 1.97. The molecule has 1 fully saturated rings. The number of benzene rings is 1. The number of thioether (sulfide) groups is 1. The Hall–Kier alpha value is -0.710. The van der Waals surface area contributed by atoms with Crippen LogP contribution in [0.15, 0.2) is 18.2 Å². The Labute approximate surface area is 97.0 Å². The van der Waals surface area contributed by atoms with E-state index in [0.29, 0.717) is 10.9 Å². The van der Waals surface area contributed by atoms with E-state index in [1.54, 1.807) is 6.07 Å². The molecule has 1 aromatic rings. The first kappa shape index (κ1) is 10.8. The molecule has 1 saturated heterocycles. The predicted molar refractivity (Wildman–Crippen MR) is 62.1 cm³/mol. The van der Waals surface area contributed by atoms with Crippen molar-refractivity contribution in [3.8, 4) is 0 Å². The molecule has 15 heavy (non-hydrogen) atoms. The van der Waals surface area contributed by atoms with Crippen LogP contribution in [0.4, 0.5) is 5.69 Å². The fraction of sp³-hybridized carbons (Fsp3) is 0.300. The van der Waals surface area contributed by atoms with E-state index in [1.807, 2.05) is 19.1 Å². The van der Waals surface area contributed by atoms with Gasteiger partial charge in [-0.2, -0.15) is 0 Å². The van der Waals surface area contributed by atoms with E-state index in [0.717, 1.165) is 11.3 Å². The first-order valence-corrected chi connectivity index (χ1v) is 5.89. The van der Waals surface area contributed by atoms with Crippen LogP contribution in [-0.2, 0) is 4.79 Å². The van der Waals surface area contributed by atoms with Crippen molar-refractivity contribution in [1.29, 1.82) is 0 Å². The van der Waals surface area contributed by atoms with Crippen LogP contribution in [0.3, 0.4) is 0 Å². The van der Waals surface area contributed by atoms with Gasteiger partial charge in [-0.25, -0.2) is 0 Å². The molecule has 1 N–H and O–H groups in total. The van der Waals surface area contributed by atoms with Gasteiger partial charge in [-0.15, -0.1) is 0 Å². The van der Waals surface area contributed by atoms with Gasteiger partial charge in [0.05, 0.1) is 5.88 Å². The molecule has 1 amide bonds. The van der Waals surface area contributed by atoms with Crippen LogP contribution in [0.1, 0.15) is 5.56 Å². The summed E-state index contributed by atoms with van der Waals surface area (Å²) in [7, 11) is 0. The van der Waals surface area contributed by atoms with Gasteiger partial charge < -0.3 is 5.11 Å². The molecule has 1 aliphatic rings. The summed E-state index contributed by atoms with van der Waals surface area (Å²) in [5.74, 6) is 0.194. The number of carbonyl (C=O) groups excluding carboxylic acids is 1. The average molecular weight is 244 g/mol. The number of amides is 1. The first-order chi connectivity index (χ1) is 7.09. The Morgan fingerprint density at radius 1 is 1.60 bits per heavy atom. The van der Waals surface area contributed by atoms with E-state index in [4.69, 9.17) is 11.6 Å². The van der Waals surface area contributed by atoms with Crippen LogP contribution in [-0.4, -0.2) is 22.3 Å². The summed E-state index contributed by atoms with van der Waals surface area (Å²) in [6, 6.07) is 5.44. The molecule has 0 aliphatic carbocycles. The normalized spacial score (nSPS) is 21.1. The van der Waals surface area contributed by atoms with E-state index in [2.05, 4.69) is 0 Å². The summed E-state index contributed by atoms with van der Waals surface area (Å²) in [4.78, 5) is 13.0. The van der Waals surface area contributed by atoms with E-state index in [9.17, 15) is 9.90 Å². The van der Waals surface area contributed by atoms with E-state index in [1.165, 1.54) is 16.7 Å². The van der Waals surface area contributed by atoms with Crippen LogP contribution in [0.5, 0.6) is 0 Å². The number of aliphatic hydroxyl groups excluding tert-OH is 1. The molecule has 0 aromatic heterocycles. The summed E-state index contributed by atoms with van der Waals surface area (Å²) in [6.07, 6.45) is 0. The van der Waals surface area contributed by atoms with Crippen molar-refractivity contribution in [2.24, 2.45) is 0 Å². The summed E-state index contributed by atoms with van der Waals surface area (Å²) in [5.41, 5.74) is 0.769. The second kappa shape index (κ2) is 4.04. The van der Waals surface area contributed by atoms with Gasteiger partial charge in [-0.3, -0.25) is 9.69 Å². The van der Waals surface area contributed by atoms with E-state index >= 15 is 0 Å². The summed E-state index contributed by atoms with van der Waals surface area (Å²) in [6.45, 7) is 1.90. The van der Waals surface area contributed by atoms with Crippen molar-refractivity contribution in [2.45, 2.75) is 12.4 Å². The molecule has 0 radical (unpaired) electrons. The number of carbonyl (C=O) groups is 1. The number of rotatable bonds is 1. The van der Waals surface area contributed by atoms with Crippen molar-refractivity contribution in [3.05, 3.63) is 28.8 Å². The van der Waals surface area contributed by atoms with Gasteiger partial charge in [0.25, 0.3) is 5.91 Å². The molecule has 0 spiro atoms. The van der Waals surface area contributed by atoms with Gasteiger partial charge in [0.15, 0.2) is 5.44 Å². The lowest BCUT2D eigenvalue weighted by atomic mass is 10.2. The molecule has 0 saturated carbocycles. The SMILES string of the molecule is Cc1ccc(N2CSC(O)C2=O)cc1Cl. The largest absolute Gasteiger partial charge is 0.373 e. The second-order valence-electron chi connectivity index (χ2n) is 3.35. The van der Waals surface area contributed by atoms with E-state index in [-0.39, 0.29) is 5.91 Å². The smallest absolute Gasteiger partial charge is 0.267 e. The molecular formula is C10H10ClNO2S.